The van der Waals surface area contributed by atoms with Crippen molar-refractivity contribution in [1.82, 2.24) is 15.5 Å². The maximum Gasteiger partial charge on any atom is 0.246 e. The number of aliphatic hydroxyl groups excluding tert-OH is 1. The van der Waals surface area contributed by atoms with Crippen molar-refractivity contribution in [1.29, 1.82) is 0 Å². The first-order chi connectivity index (χ1) is 13.8. The molecule has 0 radical (unpaired) electrons. The van der Waals surface area contributed by atoms with E-state index >= 15 is 0 Å². The molecule has 0 saturated carbocycles. The molecule has 8 nitrogen and oxygen atoms in total. The van der Waals surface area contributed by atoms with Gasteiger partial charge in [0, 0.05) is 12.6 Å². The molecule has 0 aromatic rings. The van der Waals surface area contributed by atoms with E-state index in [1.54, 1.807) is 14.0 Å². The standard InChI is InChI=1S/C22H37N3O5/c1-12(10-26)25-16(18(28)24-21(5,6)11-20(2,3)4)22-9-8-13(30-22)14(17(27)23-7)15(22)19(25)29/h12-16,26H,8-11H2,1-7H3,(H,23,27)(H,24,28)/t12-,13-,14+,15+,16?,22?/m1/s1. The molecule has 0 aliphatic carbocycles. The molecule has 3 saturated heterocycles. The lowest BCUT2D eigenvalue weighted by Crippen LogP contribution is -2.60. The van der Waals surface area contributed by atoms with E-state index in [1.165, 1.54) is 4.90 Å². The monoisotopic (exact) mass is 423 g/mol. The number of carbonyl (C=O) groups is 3. The lowest BCUT2D eigenvalue weighted by molar-refractivity contribution is -0.145. The second-order valence-electron chi connectivity index (χ2n) is 11.1. The van der Waals surface area contributed by atoms with Gasteiger partial charge in [-0.2, -0.15) is 0 Å². The Bertz CT molecular complexity index is 731. The first kappa shape index (κ1) is 23.0. The number of hydrogen-bond acceptors (Lipinski definition) is 5. The quantitative estimate of drug-likeness (QED) is 0.586. The van der Waals surface area contributed by atoms with Crippen molar-refractivity contribution in [2.24, 2.45) is 17.3 Å². The third-order valence-electron chi connectivity index (χ3n) is 6.71. The molecule has 170 valence electrons. The third-order valence-corrected chi connectivity index (χ3v) is 6.71. The Balaban J connectivity index is 1.98. The zero-order chi connectivity index (χ0) is 22.6. The average Bonchev–Trinajstić information content (AvgIpc) is 3.25. The minimum absolute atomic E-state index is 0.00773. The van der Waals surface area contributed by atoms with Crippen LogP contribution in [0.5, 0.6) is 0 Å². The van der Waals surface area contributed by atoms with Gasteiger partial charge < -0.3 is 25.4 Å². The minimum atomic E-state index is -1.02. The Labute approximate surface area is 179 Å². The number of amides is 3. The average molecular weight is 424 g/mol. The van der Waals surface area contributed by atoms with E-state index in [0.717, 1.165) is 6.42 Å². The summed E-state index contributed by atoms with van der Waals surface area (Å²) in [7, 11) is 1.55. The number of hydrogen-bond donors (Lipinski definition) is 3. The Hall–Kier alpha value is -1.67. The Kier molecular flexibility index (Phi) is 5.74. The fourth-order valence-electron chi connectivity index (χ4n) is 6.19. The molecule has 3 rings (SSSR count). The van der Waals surface area contributed by atoms with Crippen LogP contribution in [0.3, 0.4) is 0 Å². The van der Waals surface area contributed by atoms with Crippen LogP contribution in [-0.4, -0.2) is 70.7 Å². The highest BCUT2D eigenvalue weighted by Crippen LogP contribution is 2.58. The van der Waals surface area contributed by atoms with Gasteiger partial charge in [-0.3, -0.25) is 14.4 Å². The molecule has 3 heterocycles. The summed E-state index contributed by atoms with van der Waals surface area (Å²) in [5, 5.41) is 15.6. The first-order valence-corrected chi connectivity index (χ1v) is 10.9. The smallest absolute Gasteiger partial charge is 0.246 e. The summed E-state index contributed by atoms with van der Waals surface area (Å²) in [6.45, 7) is 11.7. The van der Waals surface area contributed by atoms with Gasteiger partial charge in [-0.1, -0.05) is 20.8 Å². The molecule has 3 aliphatic rings. The van der Waals surface area contributed by atoms with Crippen LogP contribution in [-0.2, 0) is 19.1 Å². The van der Waals surface area contributed by atoms with Crippen LogP contribution in [0, 0.1) is 17.3 Å². The highest BCUT2D eigenvalue weighted by molar-refractivity contribution is 5.99. The van der Waals surface area contributed by atoms with Crippen LogP contribution >= 0.6 is 0 Å². The lowest BCUT2D eigenvalue weighted by atomic mass is 9.70. The highest BCUT2D eigenvalue weighted by atomic mass is 16.5. The normalized spacial score (nSPS) is 34.1. The summed E-state index contributed by atoms with van der Waals surface area (Å²) in [6.07, 6.45) is 1.58. The van der Waals surface area contributed by atoms with E-state index in [0.29, 0.717) is 12.8 Å². The Morgan fingerprint density at radius 1 is 1.27 bits per heavy atom. The lowest BCUT2D eigenvalue weighted by Gasteiger charge is -2.39. The largest absolute Gasteiger partial charge is 0.394 e. The van der Waals surface area contributed by atoms with Crippen molar-refractivity contribution in [3.05, 3.63) is 0 Å². The van der Waals surface area contributed by atoms with Crippen molar-refractivity contribution in [2.45, 2.75) is 90.1 Å². The van der Waals surface area contributed by atoms with Crippen LogP contribution < -0.4 is 10.6 Å². The van der Waals surface area contributed by atoms with Gasteiger partial charge in [0.05, 0.1) is 30.6 Å². The zero-order valence-corrected chi connectivity index (χ0v) is 19.2. The predicted octanol–water partition coefficient (Wildman–Crippen LogP) is 0.819. The molecule has 3 fully saturated rings. The third kappa shape index (κ3) is 3.62. The molecule has 1 spiro atoms. The summed E-state index contributed by atoms with van der Waals surface area (Å²) < 4.78 is 6.30. The number of ether oxygens (including phenoxy) is 1. The molecular weight excluding hydrogens is 386 g/mol. The van der Waals surface area contributed by atoms with Crippen molar-refractivity contribution >= 4 is 17.7 Å². The summed E-state index contributed by atoms with van der Waals surface area (Å²) in [5.41, 5.74) is -1.50. The summed E-state index contributed by atoms with van der Waals surface area (Å²) in [5.74, 6) is -2.10. The van der Waals surface area contributed by atoms with E-state index in [2.05, 4.69) is 31.4 Å². The van der Waals surface area contributed by atoms with E-state index in [-0.39, 0.29) is 35.8 Å². The van der Waals surface area contributed by atoms with Crippen LogP contribution in [0.4, 0.5) is 0 Å². The zero-order valence-electron chi connectivity index (χ0n) is 19.2. The molecule has 3 N–H and O–H groups in total. The number of likely N-dealkylation sites (tertiary alicyclic amines) is 1. The number of nitrogens with one attached hydrogen (secondary N) is 2. The summed E-state index contributed by atoms with van der Waals surface area (Å²) >= 11 is 0. The maximum absolute atomic E-state index is 13.6. The number of aliphatic hydroxyl groups is 1. The molecule has 30 heavy (non-hydrogen) atoms. The minimum Gasteiger partial charge on any atom is -0.394 e. The molecule has 8 heteroatoms. The van der Waals surface area contributed by atoms with Crippen LogP contribution in [0.25, 0.3) is 0 Å². The second-order valence-corrected chi connectivity index (χ2v) is 11.1. The number of fused-ring (bicyclic) bond motifs is 1. The maximum atomic E-state index is 13.6. The molecule has 3 aliphatic heterocycles. The van der Waals surface area contributed by atoms with Gasteiger partial charge in [0.1, 0.15) is 11.6 Å². The van der Waals surface area contributed by atoms with Gasteiger partial charge in [0.15, 0.2) is 0 Å². The van der Waals surface area contributed by atoms with Gasteiger partial charge >= 0.3 is 0 Å². The van der Waals surface area contributed by atoms with Gasteiger partial charge in [-0.25, -0.2) is 0 Å². The van der Waals surface area contributed by atoms with E-state index in [4.69, 9.17) is 4.74 Å². The molecule has 3 amide bonds. The molecule has 0 aromatic heterocycles. The fourth-order valence-corrected chi connectivity index (χ4v) is 6.19. The van der Waals surface area contributed by atoms with Gasteiger partial charge in [-0.05, 0) is 45.4 Å². The SMILES string of the molecule is CNC(=O)[C@@H]1[C@H]2C(=O)N([C@H](C)CO)C(C(=O)NC(C)(C)CC(C)(C)C)C23CC[C@H]1O3. The molecule has 2 unspecified atom stereocenters. The van der Waals surface area contributed by atoms with Gasteiger partial charge in [0.25, 0.3) is 0 Å². The van der Waals surface area contributed by atoms with E-state index in [1.807, 2.05) is 13.8 Å². The van der Waals surface area contributed by atoms with Crippen LogP contribution in [0.15, 0.2) is 0 Å². The van der Waals surface area contributed by atoms with E-state index < -0.39 is 35.1 Å². The molecular formula is C22H37N3O5. The second kappa shape index (κ2) is 7.48. The number of carbonyl (C=O) groups excluding carboxylic acids is 3. The molecule has 2 bridgehead atoms. The highest BCUT2D eigenvalue weighted by Gasteiger charge is 2.74. The predicted molar refractivity (Wildman–Crippen MR) is 111 cm³/mol. The van der Waals surface area contributed by atoms with Crippen molar-refractivity contribution in [3.63, 3.8) is 0 Å². The number of rotatable bonds is 6. The first-order valence-electron chi connectivity index (χ1n) is 10.9. The molecule has 0 aromatic carbocycles. The van der Waals surface area contributed by atoms with Gasteiger partial charge in [-0.15, -0.1) is 0 Å². The van der Waals surface area contributed by atoms with Crippen LogP contribution in [0.2, 0.25) is 0 Å². The van der Waals surface area contributed by atoms with Crippen molar-refractivity contribution in [2.75, 3.05) is 13.7 Å². The van der Waals surface area contributed by atoms with Crippen molar-refractivity contribution in [3.8, 4) is 0 Å². The van der Waals surface area contributed by atoms with E-state index in [9.17, 15) is 19.5 Å². The van der Waals surface area contributed by atoms with Crippen LogP contribution in [0.1, 0.15) is 60.8 Å². The topological polar surface area (TPSA) is 108 Å². The Morgan fingerprint density at radius 3 is 2.43 bits per heavy atom. The van der Waals surface area contributed by atoms with Crippen molar-refractivity contribution < 1.29 is 24.2 Å². The molecule has 6 atom stereocenters. The summed E-state index contributed by atoms with van der Waals surface area (Å²) in [6, 6.07) is -1.41. The summed E-state index contributed by atoms with van der Waals surface area (Å²) in [4.78, 5) is 41.2. The number of nitrogens with zero attached hydrogens (tertiary/aromatic N) is 1. The Morgan fingerprint density at radius 2 is 1.90 bits per heavy atom. The fraction of sp³-hybridized carbons (Fsp3) is 0.864. The van der Waals surface area contributed by atoms with Gasteiger partial charge in [0.2, 0.25) is 17.7 Å².